The summed E-state index contributed by atoms with van der Waals surface area (Å²) in [6.07, 6.45) is 0.807. The summed E-state index contributed by atoms with van der Waals surface area (Å²) in [5.41, 5.74) is 2.92. The number of thioether (sulfide) groups is 1. The lowest BCUT2D eigenvalue weighted by atomic mass is 10.0. The maximum atomic E-state index is 13.0. The highest BCUT2D eigenvalue weighted by Gasteiger charge is 2.25. The Labute approximate surface area is 195 Å². The number of amides is 1. The lowest BCUT2D eigenvalue weighted by molar-refractivity contribution is -0.113. The maximum absolute atomic E-state index is 13.0. The predicted octanol–water partition coefficient (Wildman–Crippen LogP) is 5.47. The van der Waals surface area contributed by atoms with Crippen molar-refractivity contribution >= 4 is 46.4 Å². The van der Waals surface area contributed by atoms with E-state index in [1.165, 1.54) is 40.8 Å². The number of thiophene rings is 1. The second kappa shape index (κ2) is 10.8. The van der Waals surface area contributed by atoms with E-state index in [1.807, 2.05) is 18.2 Å². The van der Waals surface area contributed by atoms with E-state index in [0.717, 1.165) is 41.4 Å². The van der Waals surface area contributed by atoms with Gasteiger partial charge < -0.3 is 5.32 Å². The summed E-state index contributed by atoms with van der Waals surface area (Å²) < 4.78 is 13.0. The number of fused-ring (bicyclic) bond motifs is 1. The fourth-order valence-corrected chi connectivity index (χ4v) is 5.44. The number of carbonyl (C=O) groups excluding carboxylic acids is 1. The molecular weight excluding hydrogens is 453 g/mol. The van der Waals surface area contributed by atoms with Gasteiger partial charge in [0.05, 0.1) is 11.3 Å². The van der Waals surface area contributed by atoms with Crippen molar-refractivity contribution in [2.75, 3.05) is 17.6 Å². The third-order valence-corrected chi connectivity index (χ3v) is 7.08. The average Bonchev–Trinajstić information content (AvgIpc) is 3.10. The second-order valence-corrected chi connectivity index (χ2v) is 9.21. The second-order valence-electron chi connectivity index (χ2n) is 7.06. The van der Waals surface area contributed by atoms with Crippen LogP contribution in [0.25, 0.3) is 0 Å². The number of rotatable bonds is 6. The van der Waals surface area contributed by atoms with Crippen LogP contribution in [0.2, 0.25) is 0 Å². The Hall–Kier alpha value is -2.37. The summed E-state index contributed by atoms with van der Waals surface area (Å²) in [7, 11) is 0. The van der Waals surface area contributed by atoms with E-state index in [0.29, 0.717) is 10.6 Å². The van der Waals surface area contributed by atoms with Crippen LogP contribution in [0.5, 0.6) is 0 Å². The number of carbonyl (C=O) groups is 1. The molecule has 0 fully saturated rings. The average molecular weight is 474 g/mol. The normalized spacial score (nSPS) is 13.0. The zero-order chi connectivity index (χ0) is 20.9. The highest BCUT2D eigenvalue weighted by Crippen LogP contribution is 2.37. The van der Waals surface area contributed by atoms with E-state index >= 15 is 0 Å². The molecule has 4 rings (SSSR count). The standard InChI is InChI=1S/C23H20FN3OS2.ClH/c24-17-6-8-18(9-7-17)29-15-22(28)26-23-20(12-25)19-10-11-27(14-21(19)30-23)13-16-4-2-1-3-5-16;/h1-9H,10-11,13-15H2,(H,26,28);1H. The molecular formula is C23H21ClFN3OS2. The SMILES string of the molecule is Cl.N#Cc1c(NC(=O)CSc2ccc(F)cc2)sc2c1CCN(Cc1ccccc1)C2. The first-order chi connectivity index (χ1) is 14.6. The molecule has 31 heavy (non-hydrogen) atoms. The van der Waals surface area contributed by atoms with Crippen molar-refractivity contribution in [3.05, 3.63) is 82.0 Å². The zero-order valence-corrected chi connectivity index (χ0v) is 19.1. The molecule has 0 radical (unpaired) electrons. The smallest absolute Gasteiger partial charge is 0.235 e. The number of nitrogens with one attached hydrogen (secondary N) is 1. The lowest BCUT2D eigenvalue weighted by Crippen LogP contribution is -2.29. The van der Waals surface area contributed by atoms with E-state index in [-0.39, 0.29) is 29.9 Å². The minimum Gasteiger partial charge on any atom is -0.316 e. The van der Waals surface area contributed by atoms with Crippen LogP contribution < -0.4 is 5.32 Å². The number of anilines is 1. The summed E-state index contributed by atoms with van der Waals surface area (Å²) in [6, 6.07) is 18.7. The molecule has 0 unspecified atom stereocenters. The van der Waals surface area contributed by atoms with Gasteiger partial charge in [-0.3, -0.25) is 9.69 Å². The first-order valence-corrected chi connectivity index (χ1v) is 11.4. The summed E-state index contributed by atoms with van der Waals surface area (Å²) in [5.74, 6) is -0.257. The van der Waals surface area contributed by atoms with Crippen LogP contribution in [0.1, 0.15) is 21.6 Å². The van der Waals surface area contributed by atoms with Crippen molar-refractivity contribution in [3.63, 3.8) is 0 Å². The molecule has 3 aromatic rings. The molecule has 0 spiro atoms. The molecule has 0 saturated carbocycles. The van der Waals surface area contributed by atoms with E-state index in [9.17, 15) is 14.4 Å². The van der Waals surface area contributed by atoms with Crippen LogP contribution in [-0.4, -0.2) is 23.1 Å². The third-order valence-electron chi connectivity index (χ3n) is 4.93. The summed E-state index contributed by atoms with van der Waals surface area (Å²) >= 11 is 2.84. The first kappa shape index (κ1) is 23.3. The van der Waals surface area contributed by atoms with Crippen molar-refractivity contribution in [1.29, 1.82) is 5.26 Å². The molecule has 4 nitrogen and oxygen atoms in total. The van der Waals surface area contributed by atoms with Gasteiger partial charge in [-0.2, -0.15) is 5.26 Å². The summed E-state index contributed by atoms with van der Waals surface area (Å²) in [6.45, 7) is 2.54. The Balaban J connectivity index is 0.00000272. The molecule has 0 saturated heterocycles. The van der Waals surface area contributed by atoms with Crippen LogP contribution >= 0.6 is 35.5 Å². The maximum Gasteiger partial charge on any atom is 0.235 e. The molecule has 1 aromatic heterocycles. The van der Waals surface area contributed by atoms with E-state index in [4.69, 9.17) is 0 Å². The van der Waals surface area contributed by atoms with Gasteiger partial charge in [0.25, 0.3) is 0 Å². The Morgan fingerprint density at radius 2 is 1.94 bits per heavy atom. The molecule has 2 heterocycles. The molecule has 1 amide bonds. The zero-order valence-electron chi connectivity index (χ0n) is 16.6. The minimum absolute atomic E-state index is 0. The predicted molar refractivity (Wildman–Crippen MR) is 126 cm³/mol. The van der Waals surface area contributed by atoms with Crippen molar-refractivity contribution in [3.8, 4) is 6.07 Å². The van der Waals surface area contributed by atoms with Crippen molar-refractivity contribution in [2.45, 2.75) is 24.4 Å². The Morgan fingerprint density at radius 1 is 1.19 bits per heavy atom. The van der Waals surface area contributed by atoms with Crippen molar-refractivity contribution in [2.24, 2.45) is 0 Å². The van der Waals surface area contributed by atoms with Gasteiger partial charge in [0.15, 0.2) is 0 Å². The highest BCUT2D eigenvalue weighted by atomic mass is 35.5. The molecule has 1 aliphatic rings. The Bertz CT molecular complexity index is 1080. The number of hydrogen-bond donors (Lipinski definition) is 1. The Morgan fingerprint density at radius 3 is 2.65 bits per heavy atom. The van der Waals surface area contributed by atoms with Crippen molar-refractivity contribution < 1.29 is 9.18 Å². The van der Waals surface area contributed by atoms with Gasteiger partial charge in [-0.25, -0.2) is 4.39 Å². The first-order valence-electron chi connectivity index (χ1n) is 9.61. The minimum atomic E-state index is -0.298. The molecule has 8 heteroatoms. The fraction of sp³-hybridized carbons (Fsp3) is 0.217. The quantitative estimate of drug-likeness (QED) is 0.482. The molecule has 1 aliphatic heterocycles. The highest BCUT2D eigenvalue weighted by molar-refractivity contribution is 8.00. The number of benzene rings is 2. The van der Waals surface area contributed by atoms with Crippen LogP contribution in [0.15, 0.2) is 59.5 Å². The van der Waals surface area contributed by atoms with Gasteiger partial charge in [0.1, 0.15) is 16.9 Å². The van der Waals surface area contributed by atoms with E-state index < -0.39 is 0 Å². The summed E-state index contributed by atoms with van der Waals surface area (Å²) in [5, 5.41) is 13.2. The van der Waals surface area contributed by atoms with Crippen LogP contribution in [0.4, 0.5) is 9.39 Å². The molecule has 0 aliphatic carbocycles. The molecule has 0 atom stereocenters. The van der Waals surface area contributed by atoms with Crippen LogP contribution in [-0.2, 0) is 24.3 Å². The number of hydrogen-bond acceptors (Lipinski definition) is 5. The monoisotopic (exact) mass is 473 g/mol. The van der Waals surface area contributed by atoms with E-state index in [1.54, 1.807) is 12.1 Å². The fourth-order valence-electron chi connectivity index (χ4n) is 3.48. The van der Waals surface area contributed by atoms with Gasteiger partial charge in [0, 0.05) is 29.4 Å². The van der Waals surface area contributed by atoms with Gasteiger partial charge >= 0.3 is 0 Å². The number of nitriles is 1. The molecule has 1 N–H and O–H groups in total. The van der Waals surface area contributed by atoms with Gasteiger partial charge in [-0.05, 0) is 41.8 Å². The Kier molecular flexibility index (Phi) is 8.10. The molecule has 160 valence electrons. The topological polar surface area (TPSA) is 56.1 Å². The molecule has 0 bridgehead atoms. The largest absolute Gasteiger partial charge is 0.316 e. The molecule has 2 aromatic carbocycles. The lowest BCUT2D eigenvalue weighted by Gasteiger charge is -2.26. The van der Waals surface area contributed by atoms with Crippen LogP contribution in [0, 0.1) is 17.1 Å². The van der Waals surface area contributed by atoms with Gasteiger partial charge in [-0.15, -0.1) is 35.5 Å². The number of nitrogens with zero attached hydrogens (tertiary/aromatic N) is 2. The number of halogens is 2. The van der Waals surface area contributed by atoms with Gasteiger partial charge in [-0.1, -0.05) is 30.3 Å². The van der Waals surface area contributed by atoms with E-state index in [2.05, 4.69) is 28.4 Å². The van der Waals surface area contributed by atoms with Crippen molar-refractivity contribution in [1.82, 2.24) is 4.90 Å². The van der Waals surface area contributed by atoms with Crippen LogP contribution in [0.3, 0.4) is 0 Å². The summed E-state index contributed by atoms with van der Waals surface area (Å²) in [4.78, 5) is 16.8. The third kappa shape index (κ3) is 5.86. The van der Waals surface area contributed by atoms with Gasteiger partial charge in [0.2, 0.25) is 5.91 Å².